The molecule has 0 saturated carbocycles. The van der Waals surface area contributed by atoms with Gasteiger partial charge in [-0.3, -0.25) is 0 Å². The second kappa shape index (κ2) is 5.58. The van der Waals surface area contributed by atoms with Crippen molar-refractivity contribution >= 4 is 5.69 Å². The first-order chi connectivity index (χ1) is 8.35. The predicted molar refractivity (Wildman–Crippen MR) is 68.2 cm³/mol. The van der Waals surface area contributed by atoms with E-state index >= 15 is 0 Å². The van der Waals surface area contributed by atoms with Crippen molar-refractivity contribution in [2.75, 3.05) is 11.9 Å². The van der Waals surface area contributed by atoms with Crippen LogP contribution in [0.5, 0.6) is 5.75 Å². The van der Waals surface area contributed by atoms with Crippen molar-refractivity contribution in [2.24, 2.45) is 0 Å². The number of benzene rings is 1. The van der Waals surface area contributed by atoms with E-state index in [-0.39, 0.29) is 6.10 Å². The van der Waals surface area contributed by atoms with Gasteiger partial charge in [0.05, 0.1) is 18.2 Å². The topological polar surface area (TPSA) is 45.0 Å². The van der Waals surface area contributed by atoms with Crippen LogP contribution >= 0.6 is 0 Å². The Morgan fingerprint density at radius 2 is 2.41 bits per heavy atom. The molecular weight excluding hydrogens is 212 g/mol. The SMILES string of the molecule is CCC(CC#N)Oc1cccc2c1NCCC2. The molecule has 0 spiro atoms. The molecule has 17 heavy (non-hydrogen) atoms. The van der Waals surface area contributed by atoms with Gasteiger partial charge in [-0.05, 0) is 30.9 Å². The van der Waals surface area contributed by atoms with E-state index in [0.29, 0.717) is 6.42 Å². The van der Waals surface area contributed by atoms with Gasteiger partial charge in [0.2, 0.25) is 0 Å². The van der Waals surface area contributed by atoms with Crippen LogP contribution in [-0.4, -0.2) is 12.6 Å². The molecule has 0 aliphatic carbocycles. The van der Waals surface area contributed by atoms with Crippen LogP contribution in [0.1, 0.15) is 31.7 Å². The molecule has 0 aromatic heterocycles. The lowest BCUT2D eigenvalue weighted by Gasteiger charge is -2.23. The summed E-state index contributed by atoms with van der Waals surface area (Å²) in [5.41, 5.74) is 2.44. The van der Waals surface area contributed by atoms with Crippen molar-refractivity contribution in [3.63, 3.8) is 0 Å². The van der Waals surface area contributed by atoms with E-state index in [1.807, 2.05) is 19.1 Å². The van der Waals surface area contributed by atoms with Crippen LogP contribution in [-0.2, 0) is 6.42 Å². The standard InChI is InChI=1S/C14H18N2O/c1-2-12(8-9-15)17-13-7-3-5-11-6-4-10-16-14(11)13/h3,5,7,12,16H,2,4,6,8,10H2,1H3. The number of nitriles is 1. The monoisotopic (exact) mass is 230 g/mol. The zero-order chi connectivity index (χ0) is 12.1. The Bertz CT molecular complexity index is 423. The van der Waals surface area contributed by atoms with Gasteiger partial charge in [-0.15, -0.1) is 0 Å². The number of hydrogen-bond acceptors (Lipinski definition) is 3. The van der Waals surface area contributed by atoms with Gasteiger partial charge in [0, 0.05) is 6.54 Å². The number of fused-ring (bicyclic) bond motifs is 1. The van der Waals surface area contributed by atoms with E-state index in [1.165, 1.54) is 12.0 Å². The van der Waals surface area contributed by atoms with Crippen molar-refractivity contribution in [1.82, 2.24) is 0 Å². The van der Waals surface area contributed by atoms with Gasteiger partial charge in [-0.2, -0.15) is 5.26 Å². The first-order valence-corrected chi connectivity index (χ1v) is 6.24. The second-order valence-corrected chi connectivity index (χ2v) is 4.33. The molecule has 1 aromatic rings. The Morgan fingerprint density at radius 3 is 3.18 bits per heavy atom. The molecule has 1 N–H and O–H groups in total. The highest BCUT2D eigenvalue weighted by molar-refractivity contribution is 5.63. The highest BCUT2D eigenvalue weighted by atomic mass is 16.5. The minimum absolute atomic E-state index is 0.00442. The largest absolute Gasteiger partial charge is 0.487 e. The molecule has 0 fully saturated rings. The summed E-state index contributed by atoms with van der Waals surface area (Å²) in [4.78, 5) is 0. The minimum Gasteiger partial charge on any atom is -0.487 e. The number of nitrogens with zero attached hydrogens (tertiary/aromatic N) is 1. The molecule has 0 bridgehead atoms. The molecule has 2 rings (SSSR count). The zero-order valence-electron chi connectivity index (χ0n) is 10.2. The van der Waals surface area contributed by atoms with Crippen LogP contribution in [0.15, 0.2) is 18.2 Å². The molecule has 0 radical (unpaired) electrons. The Balaban J connectivity index is 2.18. The van der Waals surface area contributed by atoms with Gasteiger partial charge in [-0.1, -0.05) is 19.1 Å². The summed E-state index contributed by atoms with van der Waals surface area (Å²) in [5, 5.41) is 12.1. The molecule has 1 atom stereocenters. The van der Waals surface area contributed by atoms with Crippen molar-refractivity contribution in [2.45, 2.75) is 38.7 Å². The lowest BCUT2D eigenvalue weighted by molar-refractivity contribution is 0.203. The maximum Gasteiger partial charge on any atom is 0.143 e. The smallest absolute Gasteiger partial charge is 0.143 e. The Morgan fingerprint density at radius 1 is 1.53 bits per heavy atom. The average Bonchev–Trinajstić information content (AvgIpc) is 2.38. The maximum atomic E-state index is 8.74. The molecule has 1 unspecified atom stereocenters. The lowest BCUT2D eigenvalue weighted by Crippen LogP contribution is -2.18. The van der Waals surface area contributed by atoms with Gasteiger partial charge in [0.1, 0.15) is 11.9 Å². The third kappa shape index (κ3) is 2.71. The maximum absolute atomic E-state index is 8.74. The molecular formula is C14H18N2O. The van der Waals surface area contributed by atoms with Crippen molar-refractivity contribution in [3.8, 4) is 11.8 Å². The highest BCUT2D eigenvalue weighted by Gasteiger charge is 2.16. The van der Waals surface area contributed by atoms with Gasteiger partial charge in [-0.25, -0.2) is 0 Å². The Labute approximate surface area is 102 Å². The summed E-state index contributed by atoms with van der Waals surface area (Å²) >= 11 is 0. The van der Waals surface area contributed by atoms with Crippen LogP contribution in [0.2, 0.25) is 0 Å². The number of anilines is 1. The van der Waals surface area contributed by atoms with Gasteiger partial charge < -0.3 is 10.1 Å². The van der Waals surface area contributed by atoms with E-state index < -0.39 is 0 Å². The molecule has 90 valence electrons. The zero-order valence-corrected chi connectivity index (χ0v) is 10.2. The number of aryl methyl sites for hydroxylation is 1. The quantitative estimate of drug-likeness (QED) is 0.864. The van der Waals surface area contributed by atoms with Gasteiger partial charge >= 0.3 is 0 Å². The number of rotatable bonds is 4. The molecule has 1 aliphatic heterocycles. The summed E-state index contributed by atoms with van der Waals surface area (Å²) < 4.78 is 5.92. The number of hydrogen-bond donors (Lipinski definition) is 1. The van der Waals surface area contributed by atoms with E-state index in [2.05, 4.69) is 17.5 Å². The molecule has 3 heteroatoms. The molecule has 1 aromatic carbocycles. The first-order valence-electron chi connectivity index (χ1n) is 6.24. The molecule has 0 saturated heterocycles. The summed E-state index contributed by atoms with van der Waals surface area (Å²) in [6.45, 7) is 3.05. The summed E-state index contributed by atoms with van der Waals surface area (Å²) in [6.07, 6.45) is 3.58. The second-order valence-electron chi connectivity index (χ2n) is 4.33. The van der Waals surface area contributed by atoms with Crippen LogP contribution in [0.25, 0.3) is 0 Å². The Kier molecular flexibility index (Phi) is 3.87. The van der Waals surface area contributed by atoms with Crippen molar-refractivity contribution in [3.05, 3.63) is 23.8 Å². The van der Waals surface area contributed by atoms with Crippen LogP contribution in [0, 0.1) is 11.3 Å². The van der Waals surface area contributed by atoms with E-state index in [9.17, 15) is 0 Å². The normalized spacial score (nSPS) is 15.3. The molecule has 1 heterocycles. The summed E-state index contributed by atoms with van der Waals surface area (Å²) in [5.74, 6) is 0.893. The highest BCUT2D eigenvalue weighted by Crippen LogP contribution is 2.33. The number of nitrogens with one attached hydrogen (secondary N) is 1. The summed E-state index contributed by atoms with van der Waals surface area (Å²) in [7, 11) is 0. The van der Waals surface area contributed by atoms with Crippen molar-refractivity contribution in [1.29, 1.82) is 5.26 Å². The number of para-hydroxylation sites is 1. The lowest BCUT2D eigenvalue weighted by atomic mass is 10.0. The van der Waals surface area contributed by atoms with Gasteiger partial charge in [0.15, 0.2) is 0 Å². The van der Waals surface area contributed by atoms with Crippen LogP contribution in [0.4, 0.5) is 5.69 Å². The van der Waals surface area contributed by atoms with Gasteiger partial charge in [0.25, 0.3) is 0 Å². The van der Waals surface area contributed by atoms with Crippen LogP contribution in [0.3, 0.4) is 0 Å². The minimum atomic E-state index is -0.00442. The average molecular weight is 230 g/mol. The Hall–Kier alpha value is -1.69. The first kappa shape index (κ1) is 11.8. The van der Waals surface area contributed by atoms with Crippen LogP contribution < -0.4 is 10.1 Å². The fraction of sp³-hybridized carbons (Fsp3) is 0.500. The fourth-order valence-corrected chi connectivity index (χ4v) is 2.13. The van der Waals surface area contributed by atoms with E-state index in [1.54, 1.807) is 0 Å². The summed E-state index contributed by atoms with van der Waals surface area (Å²) in [6, 6.07) is 8.32. The predicted octanol–water partition coefficient (Wildman–Crippen LogP) is 3.12. The van der Waals surface area contributed by atoms with E-state index in [0.717, 1.165) is 30.8 Å². The number of ether oxygens (including phenoxy) is 1. The third-order valence-corrected chi connectivity index (χ3v) is 3.11. The molecule has 3 nitrogen and oxygen atoms in total. The van der Waals surface area contributed by atoms with E-state index in [4.69, 9.17) is 10.00 Å². The fourth-order valence-electron chi connectivity index (χ4n) is 2.13. The van der Waals surface area contributed by atoms with Crippen molar-refractivity contribution < 1.29 is 4.74 Å². The third-order valence-electron chi connectivity index (χ3n) is 3.11. The molecule has 1 aliphatic rings. The molecule has 0 amide bonds.